The molecule has 4 heteroatoms. The second kappa shape index (κ2) is 6.68. The van der Waals surface area contributed by atoms with Crippen LogP contribution in [0.5, 0.6) is 0 Å². The molecule has 130 valence electrons. The van der Waals surface area contributed by atoms with Crippen molar-refractivity contribution in [3.63, 3.8) is 0 Å². The van der Waals surface area contributed by atoms with Gasteiger partial charge in [0.05, 0.1) is 5.56 Å². The summed E-state index contributed by atoms with van der Waals surface area (Å²) >= 11 is 0. The van der Waals surface area contributed by atoms with Crippen LogP contribution in [0.1, 0.15) is 36.9 Å². The molecule has 1 aromatic carbocycles. The quantitative estimate of drug-likeness (QED) is 0.914. The average molecular weight is 343 g/mol. The van der Waals surface area contributed by atoms with Gasteiger partial charge in [0.15, 0.2) is 0 Å². The number of hydrogen-bond acceptors (Lipinski definition) is 2. The fourth-order valence-electron chi connectivity index (χ4n) is 3.56. The Kier molecular flexibility index (Phi) is 4.22. The van der Waals surface area contributed by atoms with E-state index in [0.29, 0.717) is 17.2 Å². The fraction of sp³-hybridized carbons (Fsp3) is 0.273. The highest BCUT2D eigenvalue weighted by molar-refractivity contribution is 5.97. The van der Waals surface area contributed by atoms with Gasteiger partial charge in [0, 0.05) is 40.7 Å². The Bertz CT molecular complexity index is 996. The van der Waals surface area contributed by atoms with E-state index in [4.69, 9.17) is 0 Å². The Balaban J connectivity index is 1.72. The maximum atomic E-state index is 12.3. The number of aromatic nitrogens is 1. The Morgan fingerprint density at radius 2 is 2.12 bits per heavy atom. The van der Waals surface area contributed by atoms with Crippen molar-refractivity contribution in [2.45, 2.75) is 38.3 Å². The highest BCUT2D eigenvalue weighted by Crippen LogP contribution is 2.33. The van der Waals surface area contributed by atoms with E-state index >= 15 is 0 Å². The zero-order chi connectivity index (χ0) is 18.1. The maximum absolute atomic E-state index is 12.3. The highest BCUT2D eigenvalue weighted by atomic mass is 16.1. The molecule has 1 N–H and O–H groups in total. The number of allylic oxidation sites excluding steroid dienone is 4. The normalized spacial score (nSPS) is 19.1. The van der Waals surface area contributed by atoms with E-state index in [1.165, 1.54) is 0 Å². The molecule has 0 bridgehead atoms. The minimum Gasteiger partial charge on any atom is -0.349 e. The van der Waals surface area contributed by atoms with Crippen LogP contribution >= 0.6 is 0 Å². The molecule has 2 aliphatic rings. The van der Waals surface area contributed by atoms with Crippen LogP contribution in [0.3, 0.4) is 0 Å². The molecule has 0 spiro atoms. The van der Waals surface area contributed by atoms with Gasteiger partial charge in [-0.15, -0.1) is 0 Å². The predicted octanol–water partition coefficient (Wildman–Crippen LogP) is 3.95. The summed E-state index contributed by atoms with van der Waals surface area (Å²) in [5.41, 5.74) is 3.44. The lowest BCUT2D eigenvalue weighted by molar-refractivity contribution is -0.117. The molecule has 4 rings (SSSR count). The molecule has 1 fully saturated rings. The lowest BCUT2D eigenvalue weighted by Gasteiger charge is -2.13. The summed E-state index contributed by atoms with van der Waals surface area (Å²) in [6.45, 7) is 2.88. The third-order valence-corrected chi connectivity index (χ3v) is 5.01. The third kappa shape index (κ3) is 2.86. The van der Waals surface area contributed by atoms with Crippen molar-refractivity contribution < 1.29 is 4.79 Å². The zero-order valence-corrected chi connectivity index (χ0v) is 14.8. The van der Waals surface area contributed by atoms with Crippen molar-refractivity contribution >= 4 is 16.8 Å². The number of carbonyl (C=O) groups is 1. The molecule has 1 aromatic heterocycles. The summed E-state index contributed by atoms with van der Waals surface area (Å²) < 4.78 is 2.20. The summed E-state index contributed by atoms with van der Waals surface area (Å²) in [6.07, 6.45) is 11.9. The van der Waals surface area contributed by atoms with Crippen molar-refractivity contribution in [3.05, 3.63) is 71.5 Å². The van der Waals surface area contributed by atoms with E-state index in [0.717, 1.165) is 36.0 Å². The number of hydrogen-bond donors (Lipinski definition) is 1. The first-order chi connectivity index (χ1) is 12.7. The summed E-state index contributed by atoms with van der Waals surface area (Å²) in [5, 5.41) is 13.8. The molecule has 0 radical (unpaired) electrons. The number of nitrogens with one attached hydrogen (secondary N) is 1. The van der Waals surface area contributed by atoms with Crippen LogP contribution in [0, 0.1) is 11.3 Å². The van der Waals surface area contributed by atoms with Crippen LogP contribution in [0.2, 0.25) is 0 Å². The smallest absolute Gasteiger partial charge is 0.251 e. The van der Waals surface area contributed by atoms with Crippen molar-refractivity contribution in [1.82, 2.24) is 9.88 Å². The first kappa shape index (κ1) is 16.4. The van der Waals surface area contributed by atoms with Gasteiger partial charge in [-0.05, 0) is 31.9 Å². The van der Waals surface area contributed by atoms with E-state index in [9.17, 15) is 10.1 Å². The van der Waals surface area contributed by atoms with E-state index in [1.807, 2.05) is 42.5 Å². The molecular formula is C22H21N3O. The second-order valence-corrected chi connectivity index (χ2v) is 6.77. The minimum absolute atomic E-state index is 0.0226. The molecule has 0 aliphatic heterocycles. The maximum Gasteiger partial charge on any atom is 0.251 e. The average Bonchev–Trinajstić information content (AvgIpc) is 3.45. The number of rotatable bonds is 4. The molecule has 2 aromatic rings. The van der Waals surface area contributed by atoms with E-state index in [-0.39, 0.29) is 11.8 Å². The number of carbonyl (C=O) groups excluding carboxylic acids is 1. The largest absolute Gasteiger partial charge is 0.349 e. The van der Waals surface area contributed by atoms with Crippen molar-refractivity contribution in [1.29, 1.82) is 5.26 Å². The molecule has 1 atom stereocenters. The van der Waals surface area contributed by atoms with Crippen LogP contribution in [0.4, 0.5) is 0 Å². The molecule has 1 amide bonds. The number of nitriles is 1. The second-order valence-electron chi connectivity index (χ2n) is 6.77. The topological polar surface area (TPSA) is 57.8 Å². The van der Waals surface area contributed by atoms with Crippen LogP contribution in [0.25, 0.3) is 10.9 Å². The van der Waals surface area contributed by atoms with E-state index < -0.39 is 0 Å². The standard InChI is InChI=1S/C22H21N3O/c1-2-25-20-9-4-3-8-18(20)19(14-23)21(25)15-6-5-7-16(11-10-15)22(26)24-17-12-13-17/h3-11,15,17H,2,12-13H2,1H3,(H,24,26). The van der Waals surface area contributed by atoms with Crippen LogP contribution < -0.4 is 5.32 Å². The van der Waals surface area contributed by atoms with Gasteiger partial charge in [-0.2, -0.15) is 5.26 Å². The molecule has 2 aliphatic carbocycles. The fourth-order valence-corrected chi connectivity index (χ4v) is 3.56. The zero-order valence-electron chi connectivity index (χ0n) is 14.8. The van der Waals surface area contributed by atoms with Crippen molar-refractivity contribution in [2.24, 2.45) is 0 Å². The molecular weight excluding hydrogens is 322 g/mol. The van der Waals surface area contributed by atoms with Crippen LogP contribution in [-0.4, -0.2) is 16.5 Å². The van der Waals surface area contributed by atoms with Gasteiger partial charge in [-0.3, -0.25) is 4.79 Å². The Morgan fingerprint density at radius 1 is 1.31 bits per heavy atom. The molecule has 4 nitrogen and oxygen atoms in total. The molecule has 1 saturated carbocycles. The Labute approximate surface area is 153 Å². The van der Waals surface area contributed by atoms with Gasteiger partial charge in [-0.25, -0.2) is 0 Å². The SMILES string of the molecule is CCn1c(C2C=CC=C(C(=O)NC3CC3)C=C2)c(C#N)c2ccccc21. The number of aryl methyl sites for hydroxylation is 1. The molecule has 1 unspecified atom stereocenters. The van der Waals surface area contributed by atoms with Crippen LogP contribution in [-0.2, 0) is 11.3 Å². The summed E-state index contributed by atoms with van der Waals surface area (Å²) in [5.74, 6) is -0.0648. The Morgan fingerprint density at radius 3 is 2.85 bits per heavy atom. The predicted molar refractivity (Wildman–Crippen MR) is 103 cm³/mol. The first-order valence-corrected chi connectivity index (χ1v) is 9.11. The monoisotopic (exact) mass is 343 g/mol. The van der Waals surface area contributed by atoms with Crippen molar-refractivity contribution in [2.75, 3.05) is 0 Å². The van der Waals surface area contributed by atoms with Gasteiger partial charge in [-0.1, -0.05) is 42.5 Å². The first-order valence-electron chi connectivity index (χ1n) is 9.11. The number of nitrogens with zero attached hydrogens (tertiary/aromatic N) is 2. The molecule has 0 saturated heterocycles. The third-order valence-electron chi connectivity index (χ3n) is 5.01. The minimum atomic E-state index is -0.0422. The van der Waals surface area contributed by atoms with Gasteiger partial charge in [0.25, 0.3) is 5.91 Å². The van der Waals surface area contributed by atoms with E-state index in [1.54, 1.807) is 0 Å². The van der Waals surface area contributed by atoms with Gasteiger partial charge in [0.2, 0.25) is 0 Å². The number of para-hydroxylation sites is 1. The number of benzene rings is 1. The lowest BCUT2D eigenvalue weighted by atomic mass is 9.99. The summed E-state index contributed by atoms with van der Waals surface area (Å²) in [4.78, 5) is 12.3. The number of amides is 1. The molecule has 1 heterocycles. The molecule has 26 heavy (non-hydrogen) atoms. The van der Waals surface area contributed by atoms with Crippen molar-refractivity contribution in [3.8, 4) is 6.07 Å². The Hall–Kier alpha value is -3.06. The summed E-state index contributed by atoms with van der Waals surface area (Å²) in [6, 6.07) is 10.8. The lowest BCUT2D eigenvalue weighted by Crippen LogP contribution is -2.26. The summed E-state index contributed by atoms with van der Waals surface area (Å²) in [7, 11) is 0. The highest BCUT2D eigenvalue weighted by Gasteiger charge is 2.25. The van der Waals surface area contributed by atoms with Crippen LogP contribution in [0.15, 0.2) is 60.2 Å². The van der Waals surface area contributed by atoms with E-state index in [2.05, 4.69) is 35.0 Å². The van der Waals surface area contributed by atoms with Gasteiger partial charge >= 0.3 is 0 Å². The van der Waals surface area contributed by atoms with Gasteiger partial charge < -0.3 is 9.88 Å². The number of fused-ring (bicyclic) bond motifs is 1. The van der Waals surface area contributed by atoms with Gasteiger partial charge in [0.1, 0.15) is 6.07 Å².